The summed E-state index contributed by atoms with van der Waals surface area (Å²) < 4.78 is 28.7. The van der Waals surface area contributed by atoms with E-state index in [1.54, 1.807) is 6.92 Å². The first-order valence-electron chi connectivity index (χ1n) is 5.79. The minimum absolute atomic E-state index is 0.0238. The van der Waals surface area contributed by atoms with E-state index in [2.05, 4.69) is 0 Å². The summed E-state index contributed by atoms with van der Waals surface area (Å²) >= 11 is 0. The van der Waals surface area contributed by atoms with Crippen molar-refractivity contribution in [3.8, 4) is 11.5 Å². The Labute approximate surface area is 108 Å². The van der Waals surface area contributed by atoms with Crippen molar-refractivity contribution < 1.29 is 17.7 Å². The molecule has 4 nitrogen and oxygen atoms in total. The number of rotatable bonds is 6. The topological polar surface area (TPSA) is 63.6 Å². The molecule has 0 amide bonds. The predicted molar refractivity (Wildman–Crippen MR) is 71.2 cm³/mol. The summed E-state index contributed by atoms with van der Waals surface area (Å²) in [5.74, 6) is 0.108. The van der Waals surface area contributed by atoms with Crippen molar-refractivity contribution in [2.45, 2.75) is 31.9 Å². The van der Waals surface area contributed by atoms with Crippen molar-refractivity contribution in [2.75, 3.05) is 0 Å². The van der Waals surface area contributed by atoms with Gasteiger partial charge in [-0.05, 0) is 38.8 Å². The Morgan fingerprint density at radius 1 is 1.44 bits per heavy atom. The lowest BCUT2D eigenvalue weighted by Crippen LogP contribution is -2.23. The number of aromatic hydroxyl groups is 1. The zero-order valence-electron chi connectivity index (χ0n) is 10.5. The van der Waals surface area contributed by atoms with Gasteiger partial charge >= 0.3 is 10.1 Å². The minimum Gasteiger partial charge on any atom is -0.508 e. The molecule has 0 aliphatic carbocycles. The lowest BCUT2D eigenvalue weighted by Gasteiger charge is -2.12. The van der Waals surface area contributed by atoms with Gasteiger partial charge < -0.3 is 9.29 Å². The molecule has 18 heavy (non-hydrogen) atoms. The number of phenolic OH excluding ortho intramolecular Hbond substituents is 1. The molecule has 100 valence electrons. The molecule has 1 unspecified atom stereocenters. The number of benzene rings is 1. The Morgan fingerprint density at radius 2 is 2.17 bits per heavy atom. The molecule has 1 N–H and O–H groups in total. The highest BCUT2D eigenvalue weighted by Crippen LogP contribution is 2.21. The first-order valence-corrected chi connectivity index (χ1v) is 7.26. The van der Waals surface area contributed by atoms with E-state index in [0.29, 0.717) is 12.8 Å². The monoisotopic (exact) mass is 270 g/mol. The van der Waals surface area contributed by atoms with Crippen LogP contribution in [0.25, 0.3) is 0 Å². The Kier molecular flexibility index (Phi) is 5.22. The third-order valence-corrected chi connectivity index (χ3v) is 4.14. The molecule has 0 spiro atoms. The SMILES string of the molecule is CC=CCCC(C)S(=O)(=O)Oc1cccc(O)c1. The van der Waals surface area contributed by atoms with Crippen molar-refractivity contribution in [1.29, 1.82) is 0 Å². The van der Waals surface area contributed by atoms with E-state index in [0.717, 1.165) is 0 Å². The number of hydrogen-bond acceptors (Lipinski definition) is 4. The zero-order valence-corrected chi connectivity index (χ0v) is 11.4. The van der Waals surface area contributed by atoms with Gasteiger partial charge in [-0.15, -0.1) is 0 Å². The molecular weight excluding hydrogens is 252 g/mol. The van der Waals surface area contributed by atoms with E-state index >= 15 is 0 Å². The summed E-state index contributed by atoms with van der Waals surface area (Å²) in [6.07, 6.45) is 5.00. The van der Waals surface area contributed by atoms with Crippen LogP contribution in [-0.4, -0.2) is 18.8 Å². The Hall–Kier alpha value is -1.49. The fourth-order valence-electron chi connectivity index (χ4n) is 1.39. The highest BCUT2D eigenvalue weighted by atomic mass is 32.2. The van der Waals surface area contributed by atoms with Crippen LogP contribution in [0, 0.1) is 0 Å². The van der Waals surface area contributed by atoms with E-state index in [1.165, 1.54) is 24.3 Å². The molecule has 0 bridgehead atoms. The average Bonchev–Trinajstić information content (AvgIpc) is 2.28. The standard InChI is InChI=1S/C13H18O4S/c1-3-4-5-7-11(2)18(15,16)17-13-9-6-8-12(14)10-13/h3-4,6,8-11,14H,5,7H2,1-2H3. The highest BCUT2D eigenvalue weighted by Gasteiger charge is 2.22. The van der Waals surface area contributed by atoms with Gasteiger partial charge in [0.15, 0.2) is 0 Å². The second-order valence-electron chi connectivity index (χ2n) is 4.03. The summed E-state index contributed by atoms with van der Waals surface area (Å²) in [4.78, 5) is 0. The molecule has 0 aliphatic rings. The fraction of sp³-hybridized carbons (Fsp3) is 0.385. The lowest BCUT2D eigenvalue weighted by molar-refractivity contribution is 0.457. The Bertz CT molecular complexity index is 505. The maximum atomic E-state index is 11.9. The first kappa shape index (κ1) is 14.6. The molecule has 0 aromatic heterocycles. The average molecular weight is 270 g/mol. The second kappa shape index (κ2) is 6.44. The lowest BCUT2D eigenvalue weighted by atomic mass is 10.2. The number of hydrogen-bond donors (Lipinski definition) is 1. The third kappa shape index (κ3) is 4.41. The molecule has 5 heteroatoms. The molecule has 0 saturated carbocycles. The number of phenols is 1. The van der Waals surface area contributed by atoms with Gasteiger partial charge in [0.25, 0.3) is 0 Å². The maximum Gasteiger partial charge on any atom is 0.311 e. The zero-order chi connectivity index (χ0) is 13.6. The molecule has 0 aliphatic heterocycles. The fourth-order valence-corrected chi connectivity index (χ4v) is 2.35. The summed E-state index contributed by atoms with van der Waals surface area (Å²) in [7, 11) is -3.66. The normalized spacial score (nSPS) is 13.7. The van der Waals surface area contributed by atoms with Crippen LogP contribution in [0.15, 0.2) is 36.4 Å². The van der Waals surface area contributed by atoms with Gasteiger partial charge in [-0.25, -0.2) is 0 Å². The van der Waals surface area contributed by atoms with Crippen molar-refractivity contribution in [3.05, 3.63) is 36.4 Å². The second-order valence-corrected chi connectivity index (χ2v) is 5.99. The summed E-state index contributed by atoms with van der Waals surface area (Å²) in [5.41, 5.74) is 0. The highest BCUT2D eigenvalue weighted by molar-refractivity contribution is 7.87. The van der Waals surface area contributed by atoms with Crippen LogP contribution < -0.4 is 4.18 Å². The molecule has 0 fully saturated rings. The molecular formula is C13H18O4S. The van der Waals surface area contributed by atoms with Crippen LogP contribution in [0.2, 0.25) is 0 Å². The largest absolute Gasteiger partial charge is 0.508 e. The summed E-state index contributed by atoms with van der Waals surface area (Å²) in [6, 6.07) is 5.76. The maximum absolute atomic E-state index is 11.9. The van der Waals surface area contributed by atoms with Gasteiger partial charge in [0.2, 0.25) is 0 Å². The first-order chi connectivity index (χ1) is 8.45. The van der Waals surface area contributed by atoms with Gasteiger partial charge in [-0.3, -0.25) is 0 Å². The molecule has 1 rings (SSSR count). The molecule has 0 saturated heterocycles. The molecule has 1 aromatic carbocycles. The molecule has 0 heterocycles. The third-order valence-electron chi connectivity index (χ3n) is 2.50. The number of allylic oxidation sites excluding steroid dienone is 2. The summed E-state index contributed by atoms with van der Waals surface area (Å²) in [6.45, 7) is 3.50. The minimum atomic E-state index is -3.66. The van der Waals surface area contributed by atoms with Gasteiger partial charge in [-0.1, -0.05) is 18.2 Å². The van der Waals surface area contributed by atoms with Crippen molar-refractivity contribution in [1.82, 2.24) is 0 Å². The Balaban J connectivity index is 2.69. The van der Waals surface area contributed by atoms with Gasteiger partial charge in [0.05, 0.1) is 5.25 Å². The smallest absolute Gasteiger partial charge is 0.311 e. The van der Waals surface area contributed by atoms with Crippen LogP contribution in [0.1, 0.15) is 26.7 Å². The van der Waals surface area contributed by atoms with Gasteiger partial charge in [-0.2, -0.15) is 8.42 Å². The van der Waals surface area contributed by atoms with Crippen molar-refractivity contribution in [2.24, 2.45) is 0 Å². The molecule has 1 aromatic rings. The van der Waals surface area contributed by atoms with Crippen LogP contribution in [0.3, 0.4) is 0 Å². The van der Waals surface area contributed by atoms with Gasteiger partial charge in [0, 0.05) is 6.07 Å². The predicted octanol–water partition coefficient (Wildman–Crippen LogP) is 2.85. The van der Waals surface area contributed by atoms with Crippen LogP contribution in [0.4, 0.5) is 0 Å². The summed E-state index contributed by atoms with van der Waals surface area (Å²) in [5, 5.41) is 8.65. The van der Waals surface area contributed by atoms with Crippen LogP contribution in [-0.2, 0) is 10.1 Å². The van der Waals surface area contributed by atoms with Crippen LogP contribution >= 0.6 is 0 Å². The van der Waals surface area contributed by atoms with Gasteiger partial charge in [0.1, 0.15) is 11.5 Å². The quantitative estimate of drug-likeness (QED) is 0.637. The van der Waals surface area contributed by atoms with Crippen molar-refractivity contribution >= 4 is 10.1 Å². The van der Waals surface area contributed by atoms with E-state index in [9.17, 15) is 13.5 Å². The van der Waals surface area contributed by atoms with Crippen molar-refractivity contribution in [3.63, 3.8) is 0 Å². The molecule has 1 atom stereocenters. The van der Waals surface area contributed by atoms with Crippen LogP contribution in [0.5, 0.6) is 11.5 Å². The van der Waals surface area contributed by atoms with E-state index < -0.39 is 15.4 Å². The van der Waals surface area contributed by atoms with E-state index in [1.807, 2.05) is 19.1 Å². The van der Waals surface area contributed by atoms with E-state index in [4.69, 9.17) is 4.18 Å². The van der Waals surface area contributed by atoms with E-state index in [-0.39, 0.29) is 11.5 Å². The Morgan fingerprint density at radius 3 is 2.78 bits per heavy atom. The molecule has 0 radical (unpaired) electrons.